The molecule has 3 heteroatoms. The molecule has 1 N–H and O–H groups in total. The van der Waals surface area contributed by atoms with Crippen molar-refractivity contribution >= 4 is 5.91 Å². The molecule has 27 heavy (non-hydrogen) atoms. The van der Waals surface area contributed by atoms with Crippen molar-refractivity contribution < 1.29 is 9.53 Å². The van der Waals surface area contributed by atoms with Gasteiger partial charge >= 0.3 is 0 Å². The largest absolute Gasteiger partial charge is 0.488 e. The van der Waals surface area contributed by atoms with Crippen molar-refractivity contribution in [2.75, 3.05) is 0 Å². The molecular weight excluding hydrogens is 334 g/mol. The molecule has 0 aromatic heterocycles. The molecule has 138 valence electrons. The quantitative estimate of drug-likeness (QED) is 0.620. The number of aryl methyl sites for hydroxylation is 1. The number of hydrogen-bond donors (Lipinski definition) is 1. The number of benzene rings is 3. The summed E-state index contributed by atoms with van der Waals surface area (Å²) in [5, 5.41) is 3.07. The van der Waals surface area contributed by atoms with Crippen molar-refractivity contribution in [3.8, 4) is 5.75 Å². The minimum atomic E-state index is -0.134. The predicted molar refractivity (Wildman–Crippen MR) is 109 cm³/mol. The number of para-hydroxylation sites is 1. The number of nitrogens with one attached hydrogen (secondary N) is 1. The van der Waals surface area contributed by atoms with Gasteiger partial charge in [-0.05, 0) is 42.2 Å². The Kier molecular flexibility index (Phi) is 6.26. The van der Waals surface area contributed by atoms with E-state index in [9.17, 15) is 4.79 Å². The highest BCUT2D eigenvalue weighted by Gasteiger charge is 2.15. The zero-order valence-electron chi connectivity index (χ0n) is 15.8. The highest BCUT2D eigenvalue weighted by molar-refractivity contribution is 5.97. The summed E-state index contributed by atoms with van der Waals surface area (Å²) in [6.07, 6.45) is 1.01. The molecule has 3 aromatic carbocycles. The van der Waals surface area contributed by atoms with Crippen LogP contribution < -0.4 is 10.1 Å². The van der Waals surface area contributed by atoms with Crippen LogP contribution in [0.1, 0.15) is 46.9 Å². The zero-order chi connectivity index (χ0) is 19.1. The van der Waals surface area contributed by atoms with Crippen LogP contribution in [0.3, 0.4) is 0 Å². The van der Waals surface area contributed by atoms with Crippen molar-refractivity contribution in [3.05, 3.63) is 101 Å². The van der Waals surface area contributed by atoms with Crippen molar-refractivity contribution in [2.24, 2.45) is 0 Å². The van der Waals surface area contributed by atoms with Crippen molar-refractivity contribution in [1.82, 2.24) is 5.32 Å². The SMILES string of the molecule is CCc1ccc(C(C)NC(=O)c2ccccc2OCc2ccccc2)cc1. The van der Waals surface area contributed by atoms with Gasteiger partial charge in [-0.15, -0.1) is 0 Å². The molecule has 0 heterocycles. The van der Waals surface area contributed by atoms with E-state index >= 15 is 0 Å². The highest BCUT2D eigenvalue weighted by atomic mass is 16.5. The number of hydrogen-bond acceptors (Lipinski definition) is 2. The average Bonchev–Trinajstić information content (AvgIpc) is 2.73. The lowest BCUT2D eigenvalue weighted by molar-refractivity contribution is 0.0935. The lowest BCUT2D eigenvalue weighted by Crippen LogP contribution is -2.27. The summed E-state index contributed by atoms with van der Waals surface area (Å²) in [7, 11) is 0. The average molecular weight is 359 g/mol. The summed E-state index contributed by atoms with van der Waals surface area (Å²) in [6.45, 7) is 4.55. The van der Waals surface area contributed by atoms with Gasteiger partial charge < -0.3 is 10.1 Å². The smallest absolute Gasteiger partial charge is 0.255 e. The fourth-order valence-corrected chi connectivity index (χ4v) is 2.92. The van der Waals surface area contributed by atoms with Crippen LogP contribution in [-0.4, -0.2) is 5.91 Å². The fourth-order valence-electron chi connectivity index (χ4n) is 2.92. The normalized spacial score (nSPS) is 11.6. The second kappa shape index (κ2) is 9.04. The molecule has 3 aromatic rings. The lowest BCUT2D eigenvalue weighted by Gasteiger charge is -2.17. The fraction of sp³-hybridized carbons (Fsp3) is 0.208. The summed E-state index contributed by atoms with van der Waals surface area (Å²) < 4.78 is 5.90. The Labute approximate surface area is 161 Å². The topological polar surface area (TPSA) is 38.3 Å². The first-order chi connectivity index (χ1) is 13.2. The molecule has 0 spiro atoms. The van der Waals surface area contributed by atoms with E-state index in [1.165, 1.54) is 5.56 Å². The number of rotatable bonds is 7. The zero-order valence-corrected chi connectivity index (χ0v) is 15.8. The molecule has 0 saturated carbocycles. The Balaban J connectivity index is 1.68. The number of ether oxygens (including phenoxy) is 1. The Morgan fingerprint density at radius 3 is 2.26 bits per heavy atom. The minimum absolute atomic E-state index is 0.0782. The molecule has 1 atom stereocenters. The second-order valence-electron chi connectivity index (χ2n) is 6.56. The molecule has 3 nitrogen and oxygen atoms in total. The van der Waals surface area contributed by atoms with E-state index in [4.69, 9.17) is 4.74 Å². The van der Waals surface area contributed by atoms with E-state index in [0.717, 1.165) is 17.5 Å². The number of carbonyl (C=O) groups is 1. The molecule has 3 rings (SSSR count). The second-order valence-corrected chi connectivity index (χ2v) is 6.56. The Morgan fingerprint density at radius 1 is 0.889 bits per heavy atom. The third-order valence-electron chi connectivity index (χ3n) is 4.60. The molecule has 0 saturated heterocycles. The van der Waals surface area contributed by atoms with Crippen molar-refractivity contribution in [2.45, 2.75) is 32.9 Å². The molecule has 0 aliphatic carbocycles. The van der Waals surface area contributed by atoms with E-state index < -0.39 is 0 Å². The van der Waals surface area contributed by atoms with E-state index in [2.05, 4.69) is 36.5 Å². The van der Waals surface area contributed by atoms with Gasteiger partial charge in [-0.3, -0.25) is 4.79 Å². The van der Waals surface area contributed by atoms with Gasteiger partial charge in [0.1, 0.15) is 12.4 Å². The van der Waals surface area contributed by atoms with Crippen LogP contribution >= 0.6 is 0 Å². The predicted octanol–water partition coefficient (Wildman–Crippen LogP) is 5.32. The maximum atomic E-state index is 12.8. The molecule has 0 aliphatic rings. The van der Waals surface area contributed by atoms with Crippen LogP contribution in [0.4, 0.5) is 0 Å². The Bertz CT molecular complexity index is 872. The maximum absolute atomic E-state index is 12.8. The van der Waals surface area contributed by atoms with Gasteiger partial charge in [0.15, 0.2) is 0 Å². The monoisotopic (exact) mass is 359 g/mol. The Morgan fingerprint density at radius 2 is 1.56 bits per heavy atom. The van der Waals surface area contributed by atoms with E-state index in [-0.39, 0.29) is 11.9 Å². The Hall–Kier alpha value is -3.07. The summed E-state index contributed by atoms with van der Waals surface area (Å²) >= 11 is 0. The van der Waals surface area contributed by atoms with Crippen molar-refractivity contribution in [3.63, 3.8) is 0 Å². The minimum Gasteiger partial charge on any atom is -0.488 e. The van der Waals surface area contributed by atoms with E-state index in [0.29, 0.717) is 17.9 Å². The molecule has 0 bridgehead atoms. The number of carbonyl (C=O) groups excluding carboxylic acids is 1. The maximum Gasteiger partial charge on any atom is 0.255 e. The lowest BCUT2D eigenvalue weighted by atomic mass is 10.0. The van der Waals surface area contributed by atoms with Gasteiger partial charge in [-0.1, -0.05) is 73.7 Å². The summed E-state index contributed by atoms with van der Waals surface area (Å²) in [6, 6.07) is 25.6. The molecule has 1 amide bonds. The summed E-state index contributed by atoms with van der Waals surface area (Å²) in [5.74, 6) is 0.457. The summed E-state index contributed by atoms with van der Waals surface area (Å²) in [4.78, 5) is 12.8. The first-order valence-corrected chi connectivity index (χ1v) is 9.33. The molecule has 0 radical (unpaired) electrons. The molecule has 1 unspecified atom stereocenters. The third-order valence-corrected chi connectivity index (χ3v) is 4.60. The first-order valence-electron chi connectivity index (χ1n) is 9.33. The van der Waals surface area contributed by atoms with Gasteiger partial charge in [0.2, 0.25) is 0 Å². The standard InChI is InChI=1S/C24H25NO2/c1-3-19-13-15-21(16-14-19)18(2)25-24(26)22-11-7-8-12-23(22)27-17-20-9-5-4-6-10-20/h4-16,18H,3,17H2,1-2H3,(H,25,26). The highest BCUT2D eigenvalue weighted by Crippen LogP contribution is 2.21. The first kappa shape index (κ1) is 18.7. The summed E-state index contributed by atoms with van der Waals surface area (Å²) in [5.41, 5.74) is 3.99. The van der Waals surface area contributed by atoms with Crippen LogP contribution in [0.5, 0.6) is 5.75 Å². The van der Waals surface area contributed by atoms with Gasteiger partial charge in [0.25, 0.3) is 5.91 Å². The number of amides is 1. The van der Waals surface area contributed by atoms with Crippen LogP contribution in [0, 0.1) is 0 Å². The van der Waals surface area contributed by atoms with Crippen LogP contribution in [0.2, 0.25) is 0 Å². The molecule has 0 fully saturated rings. The van der Waals surface area contributed by atoms with E-state index in [1.807, 2.05) is 55.5 Å². The van der Waals surface area contributed by atoms with Gasteiger partial charge in [0, 0.05) is 0 Å². The van der Waals surface area contributed by atoms with Crippen LogP contribution in [0.25, 0.3) is 0 Å². The van der Waals surface area contributed by atoms with Crippen LogP contribution in [-0.2, 0) is 13.0 Å². The molecule has 0 aliphatic heterocycles. The van der Waals surface area contributed by atoms with Gasteiger partial charge in [0.05, 0.1) is 11.6 Å². The third kappa shape index (κ3) is 4.98. The van der Waals surface area contributed by atoms with Gasteiger partial charge in [-0.2, -0.15) is 0 Å². The molecular formula is C24H25NO2. The van der Waals surface area contributed by atoms with E-state index in [1.54, 1.807) is 6.07 Å². The van der Waals surface area contributed by atoms with Crippen molar-refractivity contribution in [1.29, 1.82) is 0 Å². The van der Waals surface area contributed by atoms with Crippen LogP contribution in [0.15, 0.2) is 78.9 Å². The van der Waals surface area contributed by atoms with Gasteiger partial charge in [-0.25, -0.2) is 0 Å².